The number of nitriles is 3. The molecule has 0 radical (unpaired) electrons. The SMILES string of the molecule is [C-]#[N+]c1nc2c3nc(C#N)c(C#N)nc3c3nc(C#N)c(N(c4ccccc4)c4ccccc4)nc3c2nc1[N+]#[C-]. The molecule has 12 heteroatoms. The van der Waals surface area contributed by atoms with Gasteiger partial charge in [0.2, 0.25) is 11.0 Å². The molecule has 6 rings (SSSR count). The zero-order valence-electron chi connectivity index (χ0n) is 20.6. The standard InChI is InChI=1S/C29H10N12/c1-33-27-28(34-2)39-25-24(38-27)22-21(35-18(13-30)19(14-31)36-22)23-26(25)40-29(20(15-32)37-23)41(16-9-5-3-6-10-16)17-11-7-4-8-12-17/h3-12H. The molecule has 0 spiro atoms. The lowest BCUT2D eigenvalue weighted by molar-refractivity contribution is 1.14. The maximum atomic E-state index is 10.2. The van der Waals surface area contributed by atoms with Crippen molar-refractivity contribution in [1.82, 2.24) is 29.9 Å². The quantitative estimate of drug-likeness (QED) is 0.206. The number of anilines is 3. The molecule has 6 aromatic rings. The van der Waals surface area contributed by atoms with E-state index in [4.69, 9.17) is 18.1 Å². The summed E-state index contributed by atoms with van der Waals surface area (Å²) in [6.07, 6.45) is 0. The predicted octanol–water partition coefficient (Wildman–Crippen LogP) is 5.70. The first-order chi connectivity index (χ1) is 20.1. The molecule has 0 saturated carbocycles. The van der Waals surface area contributed by atoms with E-state index in [0.29, 0.717) is 11.4 Å². The number of hydrogen-bond donors (Lipinski definition) is 0. The van der Waals surface area contributed by atoms with Crippen LogP contribution in [0.25, 0.3) is 42.8 Å². The average molecular weight is 526 g/mol. The van der Waals surface area contributed by atoms with Crippen molar-refractivity contribution < 1.29 is 0 Å². The lowest BCUT2D eigenvalue weighted by Gasteiger charge is -2.24. The number of hydrogen-bond acceptors (Lipinski definition) is 10. The molecule has 0 saturated heterocycles. The third kappa shape index (κ3) is 3.81. The van der Waals surface area contributed by atoms with Crippen LogP contribution >= 0.6 is 0 Å². The van der Waals surface area contributed by atoms with E-state index in [0.717, 1.165) is 0 Å². The molecular formula is C29H10N12. The van der Waals surface area contributed by atoms with Crippen LogP contribution in [0.2, 0.25) is 0 Å². The van der Waals surface area contributed by atoms with Gasteiger partial charge in [0.25, 0.3) is 11.6 Å². The van der Waals surface area contributed by atoms with Crippen LogP contribution in [0, 0.1) is 47.1 Å². The number of rotatable bonds is 3. The van der Waals surface area contributed by atoms with E-state index >= 15 is 0 Å². The highest BCUT2D eigenvalue weighted by Crippen LogP contribution is 2.39. The van der Waals surface area contributed by atoms with Gasteiger partial charge >= 0.3 is 0 Å². The minimum Gasteiger partial charge on any atom is -0.370 e. The van der Waals surface area contributed by atoms with Crippen molar-refractivity contribution in [2.24, 2.45) is 0 Å². The Morgan fingerprint density at radius 3 is 1.27 bits per heavy atom. The first kappa shape index (κ1) is 24.3. The van der Waals surface area contributed by atoms with Crippen LogP contribution in [0.3, 0.4) is 0 Å². The highest BCUT2D eigenvalue weighted by molar-refractivity contribution is 6.19. The predicted molar refractivity (Wildman–Crippen MR) is 147 cm³/mol. The molecule has 0 atom stereocenters. The Morgan fingerprint density at radius 2 is 0.878 bits per heavy atom. The van der Waals surface area contributed by atoms with E-state index < -0.39 is 0 Å². The van der Waals surface area contributed by atoms with E-state index in [1.807, 2.05) is 72.8 Å². The molecule has 0 bridgehead atoms. The summed E-state index contributed by atoms with van der Waals surface area (Å²) in [6, 6.07) is 24.3. The average Bonchev–Trinajstić information content (AvgIpc) is 3.04. The first-order valence-corrected chi connectivity index (χ1v) is 11.7. The number of fused-ring (bicyclic) bond motifs is 6. The summed E-state index contributed by atoms with van der Waals surface area (Å²) in [5, 5.41) is 29.4. The molecule has 0 amide bonds. The minimum absolute atomic E-state index is 0.0332. The Morgan fingerprint density at radius 1 is 0.512 bits per heavy atom. The Hall–Kier alpha value is -7.07. The van der Waals surface area contributed by atoms with Crippen molar-refractivity contribution in [2.45, 2.75) is 0 Å². The fourth-order valence-corrected chi connectivity index (χ4v) is 4.35. The molecule has 3 aromatic carbocycles. The fraction of sp³-hybridized carbons (Fsp3) is 0. The zero-order valence-corrected chi connectivity index (χ0v) is 20.6. The lowest BCUT2D eigenvalue weighted by atomic mass is 10.1. The van der Waals surface area contributed by atoms with Crippen LogP contribution in [0.5, 0.6) is 0 Å². The van der Waals surface area contributed by atoms with E-state index in [1.165, 1.54) is 0 Å². The molecule has 3 heterocycles. The summed E-state index contributed by atoms with van der Waals surface area (Å²) in [6.45, 7) is 15.0. The Bertz CT molecular complexity index is 2170. The second-order valence-electron chi connectivity index (χ2n) is 8.34. The summed E-state index contributed by atoms with van der Waals surface area (Å²) < 4.78 is 0. The van der Waals surface area contributed by atoms with E-state index in [1.54, 1.807) is 4.90 Å². The van der Waals surface area contributed by atoms with Crippen LogP contribution in [0.4, 0.5) is 28.8 Å². The van der Waals surface area contributed by atoms with Gasteiger partial charge in [0.15, 0.2) is 22.9 Å². The van der Waals surface area contributed by atoms with Gasteiger partial charge in [-0.25, -0.2) is 19.9 Å². The molecule has 0 aliphatic heterocycles. The molecule has 186 valence electrons. The van der Waals surface area contributed by atoms with Crippen molar-refractivity contribution in [3.8, 4) is 18.2 Å². The summed E-state index contributed by atoms with van der Waals surface area (Å²) in [7, 11) is 0. The van der Waals surface area contributed by atoms with Crippen molar-refractivity contribution in [2.75, 3.05) is 4.90 Å². The highest BCUT2D eigenvalue weighted by atomic mass is 15.2. The molecule has 3 aromatic heterocycles. The van der Waals surface area contributed by atoms with Gasteiger partial charge in [-0.15, -0.1) is 9.97 Å². The summed E-state index contributed by atoms with van der Waals surface area (Å²) in [5.74, 6) is -0.360. The fourth-order valence-electron chi connectivity index (χ4n) is 4.35. The van der Waals surface area contributed by atoms with Gasteiger partial charge in [0.05, 0.1) is 0 Å². The maximum Gasteiger partial charge on any atom is 0.294 e. The van der Waals surface area contributed by atoms with Gasteiger partial charge in [0, 0.05) is 11.4 Å². The van der Waals surface area contributed by atoms with Gasteiger partial charge in [0.1, 0.15) is 40.3 Å². The number of benzene rings is 3. The zero-order chi connectivity index (χ0) is 28.5. The van der Waals surface area contributed by atoms with Crippen LogP contribution < -0.4 is 4.90 Å². The van der Waals surface area contributed by atoms with Gasteiger partial charge in [-0.05, 0) is 24.3 Å². The van der Waals surface area contributed by atoms with Crippen molar-refractivity contribution in [3.63, 3.8) is 0 Å². The van der Waals surface area contributed by atoms with E-state index in [9.17, 15) is 15.8 Å². The molecule has 12 nitrogen and oxygen atoms in total. The normalized spacial score (nSPS) is 10.3. The third-order valence-corrected chi connectivity index (χ3v) is 6.08. The topological polar surface area (TPSA) is 161 Å². The van der Waals surface area contributed by atoms with Gasteiger partial charge in [-0.3, -0.25) is 4.90 Å². The number of para-hydroxylation sites is 2. The third-order valence-electron chi connectivity index (χ3n) is 6.08. The molecule has 41 heavy (non-hydrogen) atoms. The summed E-state index contributed by atoms with van der Waals surface area (Å²) >= 11 is 0. The summed E-state index contributed by atoms with van der Waals surface area (Å²) in [5.41, 5.74) is 1.22. The minimum atomic E-state index is -0.269. The molecule has 0 N–H and O–H groups in total. The van der Waals surface area contributed by atoms with Crippen LogP contribution in [-0.2, 0) is 0 Å². The maximum absolute atomic E-state index is 10.2. The molecule has 0 aliphatic carbocycles. The van der Waals surface area contributed by atoms with Crippen molar-refractivity contribution in [1.29, 1.82) is 15.8 Å². The molecular weight excluding hydrogens is 516 g/mol. The second kappa shape index (κ2) is 9.67. The molecule has 0 unspecified atom stereocenters. The van der Waals surface area contributed by atoms with Gasteiger partial charge in [-0.1, -0.05) is 49.5 Å². The number of aromatic nitrogens is 6. The van der Waals surface area contributed by atoms with Gasteiger partial charge < -0.3 is 9.69 Å². The monoisotopic (exact) mass is 526 g/mol. The largest absolute Gasteiger partial charge is 0.370 e. The first-order valence-electron chi connectivity index (χ1n) is 11.7. The Balaban J connectivity index is 1.83. The Labute approximate surface area is 231 Å². The smallest absolute Gasteiger partial charge is 0.294 e. The lowest BCUT2D eigenvalue weighted by Crippen LogP contribution is -2.14. The second-order valence-corrected chi connectivity index (χ2v) is 8.34. The highest BCUT2D eigenvalue weighted by Gasteiger charge is 2.28. The van der Waals surface area contributed by atoms with Gasteiger partial charge in [-0.2, -0.15) is 15.8 Å². The van der Waals surface area contributed by atoms with Crippen LogP contribution in [0.15, 0.2) is 60.7 Å². The Kier molecular flexibility index (Phi) is 5.72. The van der Waals surface area contributed by atoms with E-state index in [-0.39, 0.29) is 67.6 Å². The summed E-state index contributed by atoms with van der Waals surface area (Å²) in [4.78, 5) is 35.2. The van der Waals surface area contributed by atoms with Crippen molar-refractivity contribution in [3.05, 3.63) is 101 Å². The van der Waals surface area contributed by atoms with Crippen LogP contribution in [0.1, 0.15) is 17.1 Å². The molecule has 0 aliphatic rings. The van der Waals surface area contributed by atoms with Crippen LogP contribution in [-0.4, -0.2) is 29.9 Å². The number of nitrogens with zero attached hydrogens (tertiary/aromatic N) is 12. The van der Waals surface area contributed by atoms with E-state index in [2.05, 4.69) is 40.7 Å². The molecule has 0 fully saturated rings. The van der Waals surface area contributed by atoms with Crippen molar-refractivity contribution >= 4 is 61.9 Å².